The summed E-state index contributed by atoms with van der Waals surface area (Å²) in [5.41, 5.74) is -0.879. The smallest absolute Gasteiger partial charge is 0.295 e. The van der Waals surface area contributed by atoms with Gasteiger partial charge in [0.25, 0.3) is 5.69 Å². The first-order chi connectivity index (χ1) is 9.93. The van der Waals surface area contributed by atoms with Crippen LogP contribution in [-0.4, -0.2) is 16.5 Å². The van der Waals surface area contributed by atoms with E-state index in [1.54, 1.807) is 6.92 Å². The van der Waals surface area contributed by atoms with Gasteiger partial charge in [0.15, 0.2) is 23.1 Å². The zero-order valence-corrected chi connectivity index (χ0v) is 10.9. The quantitative estimate of drug-likeness (QED) is 0.532. The maximum absolute atomic E-state index is 13.3. The van der Waals surface area contributed by atoms with Gasteiger partial charge in [-0.05, 0) is 25.1 Å². The SMILES string of the molecule is CCNc1ccc([N+](=O)[O-])c(-c2cc(F)c(F)c(F)c2)n1. The van der Waals surface area contributed by atoms with E-state index in [0.717, 1.165) is 0 Å². The fourth-order valence-corrected chi connectivity index (χ4v) is 1.78. The van der Waals surface area contributed by atoms with E-state index in [2.05, 4.69) is 10.3 Å². The minimum Gasteiger partial charge on any atom is -0.370 e. The zero-order valence-electron chi connectivity index (χ0n) is 10.9. The Morgan fingerprint density at radius 2 is 1.86 bits per heavy atom. The summed E-state index contributed by atoms with van der Waals surface area (Å²) in [5.74, 6) is -4.20. The standard InChI is InChI=1S/C13H10F3N3O2/c1-2-17-11-4-3-10(19(20)21)13(18-11)7-5-8(14)12(16)9(15)6-7/h3-6H,2H2,1H3,(H,17,18). The van der Waals surface area contributed by atoms with Gasteiger partial charge in [0, 0.05) is 18.2 Å². The summed E-state index contributed by atoms with van der Waals surface area (Å²) >= 11 is 0. The summed E-state index contributed by atoms with van der Waals surface area (Å²) in [6, 6.07) is 3.88. The van der Waals surface area contributed by atoms with Crippen LogP contribution in [0.5, 0.6) is 0 Å². The second kappa shape index (κ2) is 5.78. The van der Waals surface area contributed by atoms with Gasteiger partial charge in [-0.2, -0.15) is 0 Å². The molecule has 0 saturated carbocycles. The number of aromatic nitrogens is 1. The molecule has 5 nitrogen and oxygen atoms in total. The lowest BCUT2D eigenvalue weighted by Gasteiger charge is -2.07. The molecule has 21 heavy (non-hydrogen) atoms. The fraction of sp³-hybridized carbons (Fsp3) is 0.154. The third kappa shape index (κ3) is 2.93. The van der Waals surface area contributed by atoms with E-state index in [0.29, 0.717) is 24.5 Å². The van der Waals surface area contributed by atoms with Crippen molar-refractivity contribution in [3.8, 4) is 11.3 Å². The van der Waals surface area contributed by atoms with Crippen molar-refractivity contribution in [2.24, 2.45) is 0 Å². The van der Waals surface area contributed by atoms with Crippen molar-refractivity contribution in [3.63, 3.8) is 0 Å². The van der Waals surface area contributed by atoms with Crippen molar-refractivity contribution in [3.05, 3.63) is 51.8 Å². The van der Waals surface area contributed by atoms with E-state index in [9.17, 15) is 23.3 Å². The van der Waals surface area contributed by atoms with Crippen molar-refractivity contribution in [1.82, 2.24) is 4.98 Å². The summed E-state index contributed by atoms with van der Waals surface area (Å²) in [6.45, 7) is 2.30. The van der Waals surface area contributed by atoms with Crippen molar-refractivity contribution < 1.29 is 18.1 Å². The molecule has 0 aliphatic rings. The highest BCUT2D eigenvalue weighted by atomic mass is 19.2. The number of nitrogens with zero attached hydrogens (tertiary/aromatic N) is 2. The number of benzene rings is 1. The highest BCUT2D eigenvalue weighted by molar-refractivity contribution is 5.71. The van der Waals surface area contributed by atoms with Gasteiger partial charge in [0.1, 0.15) is 5.82 Å². The minimum atomic E-state index is -1.63. The summed E-state index contributed by atoms with van der Waals surface area (Å²) in [5, 5.41) is 13.8. The van der Waals surface area contributed by atoms with Gasteiger partial charge < -0.3 is 5.32 Å². The van der Waals surface area contributed by atoms with Crippen LogP contribution in [0.25, 0.3) is 11.3 Å². The third-order valence-corrected chi connectivity index (χ3v) is 2.69. The number of hydrogen-bond acceptors (Lipinski definition) is 4. The summed E-state index contributed by atoms with van der Waals surface area (Å²) in [4.78, 5) is 14.2. The Balaban J connectivity index is 2.65. The minimum absolute atomic E-state index is 0.210. The Kier molecular flexibility index (Phi) is 4.06. The molecule has 0 amide bonds. The van der Waals surface area contributed by atoms with Crippen LogP contribution in [0.4, 0.5) is 24.7 Å². The number of halogens is 3. The molecule has 0 aliphatic carbocycles. The van der Waals surface area contributed by atoms with Crippen molar-refractivity contribution in [1.29, 1.82) is 0 Å². The maximum Gasteiger partial charge on any atom is 0.295 e. The number of anilines is 1. The van der Waals surface area contributed by atoms with E-state index >= 15 is 0 Å². The van der Waals surface area contributed by atoms with Crippen LogP contribution in [-0.2, 0) is 0 Å². The molecule has 0 aliphatic heterocycles. The molecule has 1 N–H and O–H groups in total. The van der Waals surface area contributed by atoms with Gasteiger partial charge in [0.2, 0.25) is 0 Å². The summed E-state index contributed by atoms with van der Waals surface area (Å²) in [7, 11) is 0. The van der Waals surface area contributed by atoms with Gasteiger partial charge in [-0.15, -0.1) is 0 Å². The second-order valence-electron chi connectivity index (χ2n) is 4.11. The largest absolute Gasteiger partial charge is 0.370 e. The number of nitrogens with one attached hydrogen (secondary N) is 1. The zero-order chi connectivity index (χ0) is 15.6. The molecule has 0 radical (unpaired) electrons. The lowest BCUT2D eigenvalue weighted by atomic mass is 10.1. The molecule has 2 aromatic rings. The van der Waals surface area contributed by atoms with Crippen LogP contribution in [0, 0.1) is 27.6 Å². The van der Waals surface area contributed by atoms with Gasteiger partial charge in [-0.1, -0.05) is 0 Å². The molecule has 8 heteroatoms. The predicted molar refractivity (Wildman–Crippen MR) is 70.4 cm³/mol. The molecule has 110 valence electrons. The number of nitro groups is 1. The van der Waals surface area contributed by atoms with Gasteiger partial charge in [0.05, 0.1) is 4.92 Å². The second-order valence-corrected chi connectivity index (χ2v) is 4.11. The fourth-order valence-electron chi connectivity index (χ4n) is 1.78. The first-order valence-corrected chi connectivity index (χ1v) is 5.98. The molecule has 0 bridgehead atoms. The van der Waals surface area contributed by atoms with Crippen molar-refractivity contribution in [2.45, 2.75) is 6.92 Å². The molecule has 0 unspecified atom stereocenters. The van der Waals surface area contributed by atoms with Gasteiger partial charge in [-0.3, -0.25) is 10.1 Å². The van der Waals surface area contributed by atoms with Crippen molar-refractivity contribution >= 4 is 11.5 Å². The summed E-state index contributed by atoms with van der Waals surface area (Å²) < 4.78 is 39.5. The summed E-state index contributed by atoms with van der Waals surface area (Å²) in [6.07, 6.45) is 0. The van der Waals surface area contributed by atoms with E-state index in [1.807, 2.05) is 0 Å². The molecule has 1 aromatic heterocycles. The lowest BCUT2D eigenvalue weighted by molar-refractivity contribution is -0.384. The van der Waals surface area contributed by atoms with Crippen LogP contribution in [0.2, 0.25) is 0 Å². The van der Waals surface area contributed by atoms with Crippen LogP contribution >= 0.6 is 0 Å². The Morgan fingerprint density at radius 3 is 2.38 bits per heavy atom. The van der Waals surface area contributed by atoms with Crippen LogP contribution < -0.4 is 5.32 Å². The maximum atomic E-state index is 13.3. The number of pyridine rings is 1. The van der Waals surface area contributed by atoms with E-state index in [1.165, 1.54) is 12.1 Å². The van der Waals surface area contributed by atoms with Crippen LogP contribution in [0.1, 0.15) is 6.92 Å². The molecule has 1 aromatic carbocycles. The molecule has 0 fully saturated rings. The Hall–Kier alpha value is -2.64. The molecule has 0 spiro atoms. The highest BCUT2D eigenvalue weighted by Gasteiger charge is 2.21. The molecule has 1 heterocycles. The van der Waals surface area contributed by atoms with Gasteiger partial charge >= 0.3 is 0 Å². The topological polar surface area (TPSA) is 68.1 Å². The molecule has 2 rings (SSSR count). The van der Waals surface area contributed by atoms with Crippen molar-refractivity contribution in [2.75, 3.05) is 11.9 Å². The van der Waals surface area contributed by atoms with E-state index < -0.39 is 28.1 Å². The molecule has 0 saturated heterocycles. The van der Waals surface area contributed by atoms with Gasteiger partial charge in [-0.25, -0.2) is 18.2 Å². The number of rotatable bonds is 4. The van der Waals surface area contributed by atoms with Crippen LogP contribution in [0.15, 0.2) is 24.3 Å². The number of hydrogen-bond donors (Lipinski definition) is 1. The first kappa shape index (κ1) is 14.8. The highest BCUT2D eigenvalue weighted by Crippen LogP contribution is 2.31. The molecule has 0 atom stereocenters. The average molecular weight is 297 g/mol. The normalized spacial score (nSPS) is 10.5. The van der Waals surface area contributed by atoms with Crippen LogP contribution in [0.3, 0.4) is 0 Å². The Labute approximate surface area is 117 Å². The molecular formula is C13H10F3N3O2. The monoisotopic (exact) mass is 297 g/mol. The average Bonchev–Trinajstić information content (AvgIpc) is 2.44. The Morgan fingerprint density at radius 1 is 1.24 bits per heavy atom. The Bertz CT molecular complexity index is 684. The predicted octanol–water partition coefficient (Wildman–Crippen LogP) is 3.51. The lowest BCUT2D eigenvalue weighted by Crippen LogP contribution is -2.03. The van der Waals surface area contributed by atoms with E-state index in [-0.39, 0.29) is 11.3 Å². The molecular weight excluding hydrogens is 287 g/mol. The third-order valence-electron chi connectivity index (χ3n) is 2.69. The first-order valence-electron chi connectivity index (χ1n) is 5.98. The van der Waals surface area contributed by atoms with E-state index in [4.69, 9.17) is 0 Å².